The fourth-order valence-electron chi connectivity index (χ4n) is 2.20. The molecule has 0 spiro atoms. The first-order chi connectivity index (χ1) is 8.56. The summed E-state index contributed by atoms with van der Waals surface area (Å²) in [6.07, 6.45) is 2.24. The van der Waals surface area contributed by atoms with Crippen molar-refractivity contribution in [2.24, 2.45) is 5.73 Å². The second-order valence-corrected chi connectivity index (χ2v) is 5.48. The van der Waals surface area contributed by atoms with Crippen molar-refractivity contribution in [1.29, 1.82) is 0 Å². The predicted molar refractivity (Wildman–Crippen MR) is 79.4 cm³/mol. The molecule has 0 aliphatic carbocycles. The van der Waals surface area contributed by atoms with Gasteiger partial charge in [-0.15, -0.1) is 0 Å². The maximum Gasteiger partial charge on any atom is 0.106 e. The second-order valence-electron chi connectivity index (χ2n) is 4.60. The number of rotatable bonds is 3. The van der Waals surface area contributed by atoms with Crippen LogP contribution in [-0.2, 0) is 4.74 Å². The average Bonchev–Trinajstić information content (AvgIpc) is 2.28. The van der Waals surface area contributed by atoms with Crippen molar-refractivity contribution in [2.75, 3.05) is 11.9 Å². The molecule has 0 radical (unpaired) electrons. The molecule has 1 aromatic rings. The van der Waals surface area contributed by atoms with Crippen LogP contribution < -0.4 is 11.1 Å². The maximum atomic E-state index is 6.02. The monoisotopic (exact) mass is 284 g/mol. The number of hydrogen-bond acceptors (Lipinski definition) is 3. The first-order valence-corrected chi connectivity index (χ1v) is 6.82. The topological polar surface area (TPSA) is 47.3 Å². The Morgan fingerprint density at radius 1 is 1.56 bits per heavy atom. The van der Waals surface area contributed by atoms with Gasteiger partial charge in [-0.1, -0.05) is 23.8 Å². The van der Waals surface area contributed by atoms with Crippen molar-refractivity contribution in [3.63, 3.8) is 0 Å². The number of nitrogens with one attached hydrogen (secondary N) is 1. The van der Waals surface area contributed by atoms with Crippen LogP contribution in [0.1, 0.15) is 25.3 Å². The van der Waals surface area contributed by atoms with E-state index in [1.165, 1.54) is 0 Å². The minimum Gasteiger partial charge on any atom is -0.389 e. The predicted octanol–water partition coefficient (Wildman–Crippen LogP) is 2.95. The van der Waals surface area contributed by atoms with E-state index in [1.54, 1.807) is 6.07 Å². The van der Waals surface area contributed by atoms with Gasteiger partial charge < -0.3 is 15.8 Å². The summed E-state index contributed by atoms with van der Waals surface area (Å²) in [6.45, 7) is 2.86. The molecule has 2 rings (SSSR count). The lowest BCUT2D eigenvalue weighted by Crippen LogP contribution is -2.33. The highest BCUT2D eigenvalue weighted by molar-refractivity contribution is 7.80. The van der Waals surface area contributed by atoms with Crippen LogP contribution in [0.4, 0.5) is 5.69 Å². The standard InChI is InChI=1S/C13H17ClN2OS/c1-8-6-10(4-5-17-8)16-12-7-9(14)2-3-11(12)13(15)18/h2-3,7-8,10,16H,4-6H2,1H3,(H2,15,18). The quantitative estimate of drug-likeness (QED) is 0.838. The molecule has 1 aliphatic rings. The van der Waals surface area contributed by atoms with Gasteiger partial charge in [-0.2, -0.15) is 0 Å². The van der Waals surface area contributed by atoms with E-state index < -0.39 is 0 Å². The summed E-state index contributed by atoms with van der Waals surface area (Å²) in [5.74, 6) is 0. The van der Waals surface area contributed by atoms with Crippen LogP contribution in [-0.4, -0.2) is 23.7 Å². The molecule has 0 amide bonds. The molecule has 3 N–H and O–H groups in total. The zero-order valence-corrected chi connectivity index (χ0v) is 11.9. The van der Waals surface area contributed by atoms with Gasteiger partial charge in [0.1, 0.15) is 4.99 Å². The second kappa shape index (κ2) is 5.87. The Morgan fingerprint density at radius 2 is 2.33 bits per heavy atom. The van der Waals surface area contributed by atoms with Crippen molar-refractivity contribution in [1.82, 2.24) is 0 Å². The summed E-state index contributed by atoms with van der Waals surface area (Å²) in [6, 6.07) is 5.90. The molecule has 3 nitrogen and oxygen atoms in total. The van der Waals surface area contributed by atoms with Crippen molar-refractivity contribution in [2.45, 2.75) is 31.9 Å². The van der Waals surface area contributed by atoms with Crippen molar-refractivity contribution >= 4 is 34.5 Å². The molecule has 98 valence electrons. The fraction of sp³-hybridized carbons (Fsp3) is 0.462. The number of benzene rings is 1. The molecule has 0 bridgehead atoms. The SMILES string of the molecule is CC1CC(Nc2cc(Cl)ccc2C(N)=S)CCO1. The van der Waals surface area contributed by atoms with Crippen LogP contribution in [0.15, 0.2) is 18.2 Å². The lowest BCUT2D eigenvalue weighted by atomic mass is 10.0. The molecule has 18 heavy (non-hydrogen) atoms. The Kier molecular flexibility index (Phi) is 4.43. The third-order valence-electron chi connectivity index (χ3n) is 3.09. The van der Waals surface area contributed by atoms with Gasteiger partial charge in [-0.3, -0.25) is 0 Å². The number of anilines is 1. The smallest absolute Gasteiger partial charge is 0.106 e. The molecule has 1 aliphatic heterocycles. The molecule has 2 unspecified atom stereocenters. The summed E-state index contributed by atoms with van der Waals surface area (Å²) < 4.78 is 5.53. The summed E-state index contributed by atoms with van der Waals surface area (Å²) in [5.41, 5.74) is 7.47. The molecular weight excluding hydrogens is 268 g/mol. The van der Waals surface area contributed by atoms with Crippen LogP contribution in [0.25, 0.3) is 0 Å². The molecular formula is C13H17ClN2OS. The van der Waals surface area contributed by atoms with E-state index in [2.05, 4.69) is 12.2 Å². The largest absolute Gasteiger partial charge is 0.389 e. The molecule has 1 aromatic carbocycles. The number of ether oxygens (including phenoxy) is 1. The van der Waals surface area contributed by atoms with E-state index in [9.17, 15) is 0 Å². The van der Waals surface area contributed by atoms with Gasteiger partial charge in [-0.05, 0) is 38.0 Å². The van der Waals surface area contributed by atoms with Gasteiger partial charge in [0.2, 0.25) is 0 Å². The highest BCUT2D eigenvalue weighted by atomic mass is 35.5. The number of nitrogens with two attached hydrogens (primary N) is 1. The van der Waals surface area contributed by atoms with E-state index >= 15 is 0 Å². The molecule has 5 heteroatoms. The zero-order chi connectivity index (χ0) is 13.1. The number of thiocarbonyl (C=S) groups is 1. The third-order valence-corrected chi connectivity index (χ3v) is 3.55. The van der Waals surface area contributed by atoms with Crippen molar-refractivity contribution < 1.29 is 4.74 Å². The third kappa shape index (κ3) is 3.34. The number of hydrogen-bond donors (Lipinski definition) is 2. The highest BCUT2D eigenvalue weighted by Gasteiger charge is 2.20. The van der Waals surface area contributed by atoms with Crippen LogP contribution >= 0.6 is 23.8 Å². The Balaban J connectivity index is 2.16. The maximum absolute atomic E-state index is 6.02. The van der Waals surface area contributed by atoms with E-state index in [1.807, 2.05) is 12.1 Å². The van der Waals surface area contributed by atoms with E-state index in [4.69, 9.17) is 34.3 Å². The zero-order valence-electron chi connectivity index (χ0n) is 10.3. The summed E-state index contributed by atoms with van der Waals surface area (Å²) in [7, 11) is 0. The molecule has 0 saturated carbocycles. The van der Waals surface area contributed by atoms with Crippen LogP contribution in [0, 0.1) is 0 Å². The van der Waals surface area contributed by atoms with E-state index in [0.717, 1.165) is 30.7 Å². The van der Waals surface area contributed by atoms with Gasteiger partial charge >= 0.3 is 0 Å². The van der Waals surface area contributed by atoms with E-state index in [-0.39, 0.29) is 6.10 Å². The lowest BCUT2D eigenvalue weighted by Gasteiger charge is -2.29. The fourth-order valence-corrected chi connectivity index (χ4v) is 2.55. The summed E-state index contributed by atoms with van der Waals surface area (Å²) >= 11 is 11.1. The molecule has 1 saturated heterocycles. The van der Waals surface area contributed by atoms with Crippen molar-refractivity contribution in [3.8, 4) is 0 Å². The Morgan fingerprint density at radius 3 is 3.00 bits per heavy atom. The van der Waals surface area contributed by atoms with Crippen LogP contribution in [0.5, 0.6) is 0 Å². The molecule has 1 fully saturated rings. The summed E-state index contributed by atoms with van der Waals surface area (Å²) in [5, 5.41) is 4.15. The average molecular weight is 285 g/mol. The lowest BCUT2D eigenvalue weighted by molar-refractivity contribution is 0.0232. The first kappa shape index (κ1) is 13.6. The Hall–Kier alpha value is -0.840. The molecule has 0 aromatic heterocycles. The van der Waals surface area contributed by atoms with Gasteiger partial charge in [0, 0.05) is 28.9 Å². The van der Waals surface area contributed by atoms with E-state index in [0.29, 0.717) is 16.1 Å². The minimum absolute atomic E-state index is 0.281. The minimum atomic E-state index is 0.281. The van der Waals surface area contributed by atoms with Gasteiger partial charge in [-0.25, -0.2) is 0 Å². The van der Waals surface area contributed by atoms with Crippen LogP contribution in [0.2, 0.25) is 5.02 Å². The first-order valence-electron chi connectivity index (χ1n) is 6.03. The van der Waals surface area contributed by atoms with Gasteiger partial charge in [0.25, 0.3) is 0 Å². The normalized spacial score (nSPS) is 23.7. The van der Waals surface area contributed by atoms with Gasteiger partial charge in [0.15, 0.2) is 0 Å². The highest BCUT2D eigenvalue weighted by Crippen LogP contribution is 2.25. The molecule has 1 heterocycles. The molecule has 2 atom stereocenters. The Bertz CT molecular complexity index is 453. The Labute approximate surface area is 118 Å². The van der Waals surface area contributed by atoms with Gasteiger partial charge in [0.05, 0.1) is 6.10 Å². The number of halogens is 1. The van der Waals surface area contributed by atoms with Crippen LogP contribution in [0.3, 0.4) is 0 Å². The summed E-state index contributed by atoms with van der Waals surface area (Å²) in [4.78, 5) is 0.384. The van der Waals surface area contributed by atoms with Crippen molar-refractivity contribution in [3.05, 3.63) is 28.8 Å².